The van der Waals surface area contributed by atoms with Gasteiger partial charge in [-0.3, -0.25) is 10.1 Å². The largest absolute Gasteiger partial charge is 0.384 e. The SMILES string of the molecule is COCC1CCCN(C(=O)C2CC(F)(F)CN2)C1.Cl. The quantitative estimate of drug-likeness (QED) is 0.854. The molecule has 2 rings (SSSR count). The first kappa shape index (κ1) is 16.6. The molecule has 7 heteroatoms. The van der Waals surface area contributed by atoms with Gasteiger partial charge in [0.15, 0.2) is 0 Å². The molecule has 0 aromatic carbocycles. The Morgan fingerprint density at radius 3 is 2.84 bits per heavy atom. The molecule has 0 aromatic heterocycles. The first-order valence-corrected chi connectivity index (χ1v) is 6.41. The number of amides is 1. The zero-order chi connectivity index (χ0) is 13.2. The first-order valence-electron chi connectivity index (χ1n) is 6.41. The topological polar surface area (TPSA) is 41.6 Å². The summed E-state index contributed by atoms with van der Waals surface area (Å²) >= 11 is 0. The molecule has 1 amide bonds. The van der Waals surface area contributed by atoms with Gasteiger partial charge in [-0.05, 0) is 18.8 Å². The summed E-state index contributed by atoms with van der Waals surface area (Å²) in [6.07, 6.45) is 1.58. The number of nitrogens with zero attached hydrogens (tertiary/aromatic N) is 1. The zero-order valence-corrected chi connectivity index (χ0v) is 11.8. The lowest BCUT2D eigenvalue weighted by atomic mass is 9.98. The van der Waals surface area contributed by atoms with Crippen molar-refractivity contribution < 1.29 is 18.3 Å². The number of carbonyl (C=O) groups excluding carboxylic acids is 1. The molecule has 112 valence electrons. The van der Waals surface area contributed by atoms with Crippen molar-refractivity contribution in [2.75, 3.05) is 33.4 Å². The minimum Gasteiger partial charge on any atom is -0.384 e. The average molecular weight is 299 g/mol. The predicted octanol–water partition coefficient (Wildman–Crippen LogP) is 1.29. The Morgan fingerprint density at radius 1 is 1.53 bits per heavy atom. The van der Waals surface area contributed by atoms with Crippen molar-refractivity contribution in [1.29, 1.82) is 0 Å². The molecule has 2 saturated heterocycles. The van der Waals surface area contributed by atoms with E-state index in [1.54, 1.807) is 12.0 Å². The molecule has 4 nitrogen and oxygen atoms in total. The van der Waals surface area contributed by atoms with Crippen LogP contribution < -0.4 is 5.32 Å². The molecule has 0 aliphatic carbocycles. The van der Waals surface area contributed by atoms with Crippen LogP contribution in [0.4, 0.5) is 8.78 Å². The van der Waals surface area contributed by atoms with Crippen LogP contribution in [0.25, 0.3) is 0 Å². The van der Waals surface area contributed by atoms with Gasteiger partial charge in [0.25, 0.3) is 5.92 Å². The minimum atomic E-state index is -2.75. The second-order valence-corrected chi connectivity index (χ2v) is 5.24. The molecular weight excluding hydrogens is 278 g/mol. The highest BCUT2D eigenvalue weighted by Crippen LogP contribution is 2.27. The highest BCUT2D eigenvalue weighted by molar-refractivity contribution is 5.85. The number of halogens is 3. The van der Waals surface area contributed by atoms with E-state index in [9.17, 15) is 13.6 Å². The summed E-state index contributed by atoms with van der Waals surface area (Å²) in [5, 5.41) is 2.62. The fourth-order valence-corrected chi connectivity index (χ4v) is 2.75. The number of alkyl halides is 2. The van der Waals surface area contributed by atoms with Gasteiger partial charge in [0.05, 0.1) is 19.2 Å². The molecular formula is C12H21ClF2N2O2. The normalized spacial score (nSPS) is 29.9. The molecule has 0 radical (unpaired) electrons. The van der Waals surface area contributed by atoms with Crippen molar-refractivity contribution in [2.45, 2.75) is 31.2 Å². The minimum absolute atomic E-state index is 0. The van der Waals surface area contributed by atoms with Crippen LogP contribution in [0.2, 0.25) is 0 Å². The summed E-state index contributed by atoms with van der Waals surface area (Å²) in [6, 6.07) is -0.721. The maximum atomic E-state index is 13.1. The van der Waals surface area contributed by atoms with Gasteiger partial charge < -0.3 is 9.64 Å². The second kappa shape index (κ2) is 6.81. The van der Waals surface area contributed by atoms with E-state index in [-0.39, 0.29) is 24.7 Å². The Kier molecular flexibility index (Phi) is 5.95. The van der Waals surface area contributed by atoms with Gasteiger partial charge in [-0.2, -0.15) is 0 Å². The van der Waals surface area contributed by atoms with E-state index >= 15 is 0 Å². The van der Waals surface area contributed by atoms with Crippen LogP contribution in [0.5, 0.6) is 0 Å². The van der Waals surface area contributed by atoms with Crippen molar-refractivity contribution in [1.82, 2.24) is 10.2 Å². The van der Waals surface area contributed by atoms with Gasteiger partial charge in [-0.1, -0.05) is 0 Å². The Hall–Kier alpha value is -0.460. The van der Waals surface area contributed by atoms with Gasteiger partial charge in [0.2, 0.25) is 5.91 Å². The lowest BCUT2D eigenvalue weighted by Gasteiger charge is -2.34. The summed E-state index contributed by atoms with van der Waals surface area (Å²) in [7, 11) is 1.64. The Bertz CT molecular complexity index is 316. The standard InChI is InChI=1S/C12H20F2N2O2.ClH/c1-18-7-9-3-2-4-16(6-9)11(17)10-5-12(13,14)8-15-10;/h9-10,15H,2-8H2,1H3;1H. The molecule has 19 heavy (non-hydrogen) atoms. The smallest absolute Gasteiger partial charge is 0.262 e. The van der Waals surface area contributed by atoms with E-state index < -0.39 is 18.5 Å². The predicted molar refractivity (Wildman–Crippen MR) is 69.8 cm³/mol. The third-order valence-electron chi connectivity index (χ3n) is 3.64. The molecule has 2 heterocycles. The second-order valence-electron chi connectivity index (χ2n) is 5.24. The summed E-state index contributed by atoms with van der Waals surface area (Å²) in [6.45, 7) is 1.52. The van der Waals surface area contributed by atoms with Crippen molar-refractivity contribution in [2.24, 2.45) is 5.92 Å². The molecule has 2 unspecified atom stereocenters. The number of hydrogen-bond acceptors (Lipinski definition) is 3. The maximum absolute atomic E-state index is 13.1. The number of rotatable bonds is 3. The van der Waals surface area contributed by atoms with Crippen LogP contribution in [-0.4, -0.2) is 56.1 Å². The molecule has 2 atom stereocenters. The number of nitrogens with one attached hydrogen (secondary N) is 1. The molecule has 1 N–H and O–H groups in total. The summed E-state index contributed by atoms with van der Waals surface area (Å²) in [5.74, 6) is -2.61. The lowest BCUT2D eigenvalue weighted by molar-refractivity contribution is -0.135. The fourth-order valence-electron chi connectivity index (χ4n) is 2.75. The molecule has 0 spiro atoms. The first-order chi connectivity index (χ1) is 8.52. The molecule has 2 aliphatic heterocycles. The van der Waals surface area contributed by atoms with Crippen LogP contribution in [0, 0.1) is 5.92 Å². The third kappa shape index (κ3) is 4.26. The summed E-state index contributed by atoms with van der Waals surface area (Å²) in [4.78, 5) is 13.8. The Labute approximate surface area is 118 Å². The van der Waals surface area contributed by atoms with Crippen LogP contribution in [-0.2, 0) is 9.53 Å². The monoisotopic (exact) mass is 298 g/mol. The highest BCUT2D eigenvalue weighted by Gasteiger charge is 2.43. The van der Waals surface area contributed by atoms with Gasteiger partial charge in [-0.25, -0.2) is 8.78 Å². The summed E-state index contributed by atoms with van der Waals surface area (Å²) < 4.78 is 31.2. The van der Waals surface area contributed by atoms with Crippen LogP contribution >= 0.6 is 12.4 Å². The third-order valence-corrected chi connectivity index (χ3v) is 3.64. The van der Waals surface area contributed by atoms with Gasteiger partial charge in [-0.15, -0.1) is 12.4 Å². The van der Waals surface area contributed by atoms with Crippen LogP contribution in [0.1, 0.15) is 19.3 Å². The number of piperidine rings is 1. The van der Waals surface area contributed by atoms with E-state index in [0.717, 1.165) is 12.8 Å². The van der Waals surface area contributed by atoms with E-state index in [1.807, 2.05) is 0 Å². The number of ether oxygens (including phenoxy) is 1. The van der Waals surface area contributed by atoms with Crippen molar-refractivity contribution in [3.63, 3.8) is 0 Å². The van der Waals surface area contributed by atoms with E-state index in [1.165, 1.54) is 0 Å². The Morgan fingerprint density at radius 2 is 2.26 bits per heavy atom. The van der Waals surface area contributed by atoms with E-state index in [4.69, 9.17) is 4.74 Å². The van der Waals surface area contributed by atoms with Crippen molar-refractivity contribution in [3.05, 3.63) is 0 Å². The molecule has 0 bridgehead atoms. The van der Waals surface area contributed by atoms with Gasteiger partial charge in [0.1, 0.15) is 0 Å². The zero-order valence-electron chi connectivity index (χ0n) is 11.0. The number of likely N-dealkylation sites (tertiary alicyclic amines) is 1. The molecule has 2 aliphatic rings. The van der Waals surface area contributed by atoms with Crippen molar-refractivity contribution >= 4 is 18.3 Å². The molecule has 0 saturated carbocycles. The summed E-state index contributed by atoms with van der Waals surface area (Å²) in [5.41, 5.74) is 0. The van der Waals surface area contributed by atoms with Gasteiger partial charge in [0, 0.05) is 26.6 Å². The van der Waals surface area contributed by atoms with E-state index in [0.29, 0.717) is 25.6 Å². The van der Waals surface area contributed by atoms with Crippen LogP contribution in [0.3, 0.4) is 0 Å². The Balaban J connectivity index is 0.00000180. The number of methoxy groups -OCH3 is 1. The van der Waals surface area contributed by atoms with Crippen LogP contribution in [0.15, 0.2) is 0 Å². The fraction of sp³-hybridized carbons (Fsp3) is 0.917. The average Bonchev–Trinajstić information content (AvgIpc) is 2.70. The number of carbonyl (C=O) groups is 1. The van der Waals surface area contributed by atoms with Gasteiger partial charge >= 0.3 is 0 Å². The lowest BCUT2D eigenvalue weighted by Crippen LogP contribution is -2.48. The molecule has 2 fully saturated rings. The van der Waals surface area contributed by atoms with E-state index in [2.05, 4.69) is 5.32 Å². The molecule has 0 aromatic rings. The van der Waals surface area contributed by atoms with Crippen molar-refractivity contribution in [3.8, 4) is 0 Å². The maximum Gasteiger partial charge on any atom is 0.262 e. The highest BCUT2D eigenvalue weighted by atomic mass is 35.5. The number of hydrogen-bond donors (Lipinski definition) is 1.